The van der Waals surface area contributed by atoms with Crippen LogP contribution in [0, 0.1) is 23.7 Å². The number of hydrogen-bond acceptors (Lipinski definition) is 2. The van der Waals surface area contributed by atoms with Crippen LogP contribution in [0.5, 0.6) is 0 Å². The summed E-state index contributed by atoms with van der Waals surface area (Å²) in [5.74, 6) is 4.28. The molecule has 1 aromatic carbocycles. The van der Waals surface area contributed by atoms with Gasteiger partial charge < -0.3 is 4.74 Å². The van der Waals surface area contributed by atoms with E-state index in [1.54, 1.807) is 12.8 Å². The normalized spacial score (nSPS) is 25.0. The van der Waals surface area contributed by atoms with E-state index in [0.29, 0.717) is 13.0 Å². The van der Waals surface area contributed by atoms with Crippen molar-refractivity contribution in [2.45, 2.75) is 103 Å². The van der Waals surface area contributed by atoms with Crippen LogP contribution in [0.3, 0.4) is 0 Å². The Morgan fingerprint density at radius 1 is 0.828 bits per heavy atom. The van der Waals surface area contributed by atoms with Crippen LogP contribution in [0.2, 0.25) is 0 Å². The van der Waals surface area contributed by atoms with Gasteiger partial charge in [0.15, 0.2) is 0 Å². The summed E-state index contributed by atoms with van der Waals surface area (Å²) in [5.41, 5.74) is 1.06. The second-order valence-corrected chi connectivity index (χ2v) is 9.70. The van der Waals surface area contributed by atoms with E-state index in [-0.39, 0.29) is 5.97 Å². The Balaban J connectivity index is 1.09. The molecule has 0 spiro atoms. The lowest BCUT2D eigenvalue weighted by Gasteiger charge is -2.05. The van der Waals surface area contributed by atoms with Crippen LogP contribution in [-0.4, -0.2) is 5.97 Å². The zero-order chi connectivity index (χ0) is 20.3. The molecule has 2 saturated carbocycles. The summed E-state index contributed by atoms with van der Waals surface area (Å²) in [6.07, 6.45) is 18.5. The maximum atomic E-state index is 11.8. The Labute approximate surface area is 178 Å². The quantitative estimate of drug-likeness (QED) is 0.210. The van der Waals surface area contributed by atoms with Crippen LogP contribution in [0.25, 0.3) is 0 Å². The maximum Gasteiger partial charge on any atom is 0.306 e. The molecule has 3 unspecified atom stereocenters. The molecular weight excluding hydrogens is 356 g/mol. The predicted octanol–water partition coefficient (Wildman–Crippen LogP) is 7.70. The van der Waals surface area contributed by atoms with Crippen molar-refractivity contribution in [3.63, 3.8) is 0 Å². The topological polar surface area (TPSA) is 26.3 Å². The molecule has 0 aromatic heterocycles. The minimum atomic E-state index is -0.0530. The van der Waals surface area contributed by atoms with Crippen molar-refractivity contribution in [3.8, 4) is 0 Å². The summed E-state index contributed by atoms with van der Waals surface area (Å²) in [7, 11) is 0. The molecule has 0 aliphatic heterocycles. The molecule has 2 heteroatoms. The van der Waals surface area contributed by atoms with Gasteiger partial charge >= 0.3 is 5.97 Å². The first-order valence-corrected chi connectivity index (χ1v) is 12.5. The lowest BCUT2D eigenvalue weighted by molar-refractivity contribution is -0.145. The highest BCUT2D eigenvalue weighted by molar-refractivity contribution is 5.69. The first-order valence-electron chi connectivity index (χ1n) is 12.5. The van der Waals surface area contributed by atoms with Gasteiger partial charge in [0.1, 0.15) is 6.61 Å². The first-order chi connectivity index (χ1) is 14.3. The fraction of sp³-hybridized carbons (Fsp3) is 0.741. The molecule has 1 aromatic rings. The second kappa shape index (κ2) is 12.4. The Morgan fingerprint density at radius 3 is 2.14 bits per heavy atom. The van der Waals surface area contributed by atoms with Crippen LogP contribution in [0.1, 0.15) is 102 Å². The summed E-state index contributed by atoms with van der Waals surface area (Å²) < 4.78 is 5.34. The minimum Gasteiger partial charge on any atom is -0.461 e. The van der Waals surface area contributed by atoms with Crippen molar-refractivity contribution in [3.05, 3.63) is 35.9 Å². The zero-order valence-corrected chi connectivity index (χ0v) is 18.6. The molecule has 0 radical (unpaired) electrons. The van der Waals surface area contributed by atoms with Gasteiger partial charge in [0.2, 0.25) is 0 Å². The molecule has 0 amide bonds. The van der Waals surface area contributed by atoms with Gasteiger partial charge in [0.05, 0.1) is 0 Å². The van der Waals surface area contributed by atoms with E-state index in [9.17, 15) is 4.79 Å². The summed E-state index contributed by atoms with van der Waals surface area (Å²) >= 11 is 0. The number of rotatable bonds is 16. The fourth-order valence-electron chi connectivity index (χ4n) is 4.97. The number of esters is 1. The van der Waals surface area contributed by atoms with E-state index < -0.39 is 0 Å². The van der Waals surface area contributed by atoms with Crippen molar-refractivity contribution in [1.29, 1.82) is 0 Å². The molecule has 2 aliphatic rings. The third kappa shape index (κ3) is 8.93. The Hall–Kier alpha value is -1.31. The molecule has 162 valence electrons. The third-order valence-electron chi connectivity index (χ3n) is 7.12. The van der Waals surface area contributed by atoms with Gasteiger partial charge in [-0.1, -0.05) is 95.0 Å². The lowest BCUT2D eigenvalue weighted by atomic mass is 10.0. The molecule has 0 N–H and O–H groups in total. The summed E-state index contributed by atoms with van der Waals surface area (Å²) in [4.78, 5) is 11.8. The van der Waals surface area contributed by atoms with Gasteiger partial charge in [0.25, 0.3) is 0 Å². The molecule has 2 fully saturated rings. The largest absolute Gasteiger partial charge is 0.461 e. The molecule has 29 heavy (non-hydrogen) atoms. The fourth-order valence-corrected chi connectivity index (χ4v) is 4.97. The van der Waals surface area contributed by atoms with Crippen LogP contribution < -0.4 is 0 Å². The summed E-state index contributed by atoms with van der Waals surface area (Å²) in [5, 5.41) is 0. The highest BCUT2D eigenvalue weighted by Crippen LogP contribution is 2.54. The average molecular weight is 399 g/mol. The number of carbonyl (C=O) groups is 1. The van der Waals surface area contributed by atoms with Gasteiger partial charge in [-0.05, 0) is 54.9 Å². The first kappa shape index (κ1) is 22.4. The van der Waals surface area contributed by atoms with E-state index in [2.05, 4.69) is 6.92 Å². The summed E-state index contributed by atoms with van der Waals surface area (Å²) in [6, 6.07) is 9.92. The molecule has 0 bridgehead atoms. The van der Waals surface area contributed by atoms with Gasteiger partial charge in [-0.3, -0.25) is 4.79 Å². The number of benzene rings is 1. The van der Waals surface area contributed by atoms with Gasteiger partial charge in [0, 0.05) is 6.42 Å². The number of unbranched alkanes of at least 4 members (excludes halogenated alkanes) is 6. The van der Waals surface area contributed by atoms with Crippen LogP contribution >= 0.6 is 0 Å². The van der Waals surface area contributed by atoms with Gasteiger partial charge in [-0.15, -0.1) is 0 Å². The highest BCUT2D eigenvalue weighted by Gasteiger charge is 2.44. The Kier molecular flexibility index (Phi) is 9.57. The molecular formula is C27H42O2. The molecule has 0 heterocycles. The number of hydrogen-bond donors (Lipinski definition) is 0. The lowest BCUT2D eigenvalue weighted by Crippen LogP contribution is -2.04. The van der Waals surface area contributed by atoms with Crippen LogP contribution in [0.15, 0.2) is 30.3 Å². The van der Waals surface area contributed by atoms with Crippen molar-refractivity contribution < 1.29 is 9.53 Å². The van der Waals surface area contributed by atoms with E-state index in [1.807, 2.05) is 30.3 Å². The standard InChI is InChI=1S/C27H42O2/c1-2-3-8-15-23-18-25(23)20-26-19-24(26)16-11-5-4-6-12-17-27(28)29-21-22-13-9-7-10-14-22/h7,9-10,13-14,23-26H,2-6,8,11-12,15-21H2,1H3/t23?,24-,25?,26?/m1/s1. The molecule has 3 rings (SSSR count). The predicted molar refractivity (Wildman–Crippen MR) is 121 cm³/mol. The molecule has 4 atom stereocenters. The van der Waals surface area contributed by atoms with Crippen molar-refractivity contribution in [1.82, 2.24) is 0 Å². The number of ether oxygens (including phenoxy) is 1. The minimum absolute atomic E-state index is 0.0530. The third-order valence-corrected chi connectivity index (χ3v) is 7.12. The SMILES string of the molecule is CCCCCC1CC1CC1C[C@H]1CCCCCCCC(=O)OCc1ccccc1. The molecule has 2 aliphatic carbocycles. The van der Waals surface area contributed by atoms with Crippen LogP contribution in [0.4, 0.5) is 0 Å². The van der Waals surface area contributed by atoms with Gasteiger partial charge in [-0.25, -0.2) is 0 Å². The maximum absolute atomic E-state index is 11.8. The second-order valence-electron chi connectivity index (χ2n) is 9.70. The van der Waals surface area contributed by atoms with E-state index in [0.717, 1.165) is 42.1 Å². The average Bonchev–Trinajstić information content (AvgIpc) is 3.66. The van der Waals surface area contributed by atoms with Gasteiger partial charge in [-0.2, -0.15) is 0 Å². The monoisotopic (exact) mass is 398 g/mol. The zero-order valence-electron chi connectivity index (χ0n) is 18.6. The molecule has 0 saturated heterocycles. The van der Waals surface area contributed by atoms with E-state index in [1.165, 1.54) is 57.8 Å². The van der Waals surface area contributed by atoms with Crippen molar-refractivity contribution >= 4 is 5.97 Å². The van der Waals surface area contributed by atoms with Crippen LogP contribution in [-0.2, 0) is 16.1 Å². The van der Waals surface area contributed by atoms with Crippen molar-refractivity contribution in [2.24, 2.45) is 23.7 Å². The van der Waals surface area contributed by atoms with Crippen molar-refractivity contribution in [2.75, 3.05) is 0 Å². The van der Waals surface area contributed by atoms with E-state index in [4.69, 9.17) is 4.74 Å². The summed E-state index contributed by atoms with van der Waals surface area (Å²) in [6.45, 7) is 2.71. The smallest absolute Gasteiger partial charge is 0.306 e. The molecule has 2 nitrogen and oxygen atoms in total. The van der Waals surface area contributed by atoms with E-state index >= 15 is 0 Å². The number of carbonyl (C=O) groups excluding carboxylic acids is 1. The highest BCUT2D eigenvalue weighted by atomic mass is 16.5. The Bertz CT molecular complexity index is 581. The Morgan fingerprint density at radius 2 is 1.45 bits per heavy atom.